The van der Waals surface area contributed by atoms with Crippen LogP contribution >= 0.6 is 15.9 Å². The van der Waals surface area contributed by atoms with Gasteiger partial charge < -0.3 is 5.32 Å². The van der Waals surface area contributed by atoms with Gasteiger partial charge in [-0.05, 0) is 57.5 Å². The summed E-state index contributed by atoms with van der Waals surface area (Å²) in [5.41, 5.74) is 0.786. The number of piperidine rings is 1. The SMILES string of the molecule is CCCN(CC1CCCCN1)C(C)c1cc(Br)ccc1F. The lowest BCUT2D eigenvalue weighted by atomic mass is 10.0. The molecule has 118 valence electrons. The summed E-state index contributed by atoms with van der Waals surface area (Å²) in [5, 5.41) is 3.60. The van der Waals surface area contributed by atoms with E-state index in [0.29, 0.717) is 6.04 Å². The topological polar surface area (TPSA) is 15.3 Å². The van der Waals surface area contributed by atoms with E-state index >= 15 is 0 Å². The molecule has 1 aromatic rings. The molecule has 1 aliphatic rings. The van der Waals surface area contributed by atoms with Gasteiger partial charge in [0, 0.05) is 28.7 Å². The molecule has 21 heavy (non-hydrogen) atoms. The van der Waals surface area contributed by atoms with Crippen LogP contribution in [0.25, 0.3) is 0 Å². The second-order valence-corrected chi connectivity index (χ2v) is 6.90. The number of rotatable bonds is 6. The van der Waals surface area contributed by atoms with Crippen molar-refractivity contribution in [3.05, 3.63) is 34.1 Å². The van der Waals surface area contributed by atoms with E-state index in [1.54, 1.807) is 12.1 Å². The van der Waals surface area contributed by atoms with Gasteiger partial charge in [-0.3, -0.25) is 4.90 Å². The highest BCUT2D eigenvalue weighted by atomic mass is 79.9. The first-order chi connectivity index (χ1) is 10.1. The average molecular weight is 357 g/mol. The van der Waals surface area contributed by atoms with Crippen molar-refractivity contribution in [2.75, 3.05) is 19.6 Å². The summed E-state index contributed by atoms with van der Waals surface area (Å²) in [4.78, 5) is 2.41. The lowest BCUT2D eigenvalue weighted by Crippen LogP contribution is -2.44. The first-order valence-electron chi connectivity index (χ1n) is 8.04. The highest BCUT2D eigenvalue weighted by Crippen LogP contribution is 2.27. The Balaban J connectivity index is 2.10. The van der Waals surface area contributed by atoms with E-state index in [4.69, 9.17) is 0 Å². The minimum Gasteiger partial charge on any atom is -0.313 e. The molecular formula is C17H26BrFN2. The van der Waals surface area contributed by atoms with Crippen LogP contribution in [0, 0.1) is 5.82 Å². The second kappa shape index (κ2) is 8.25. The van der Waals surface area contributed by atoms with Crippen LogP contribution in [-0.4, -0.2) is 30.6 Å². The van der Waals surface area contributed by atoms with Gasteiger partial charge in [-0.25, -0.2) is 4.39 Å². The molecule has 4 heteroatoms. The Bertz CT molecular complexity index is 446. The lowest BCUT2D eigenvalue weighted by molar-refractivity contribution is 0.173. The van der Waals surface area contributed by atoms with Gasteiger partial charge >= 0.3 is 0 Å². The maximum atomic E-state index is 14.1. The van der Waals surface area contributed by atoms with Crippen molar-refractivity contribution in [1.29, 1.82) is 0 Å². The van der Waals surface area contributed by atoms with Gasteiger partial charge in [0.1, 0.15) is 5.82 Å². The van der Waals surface area contributed by atoms with E-state index in [0.717, 1.165) is 36.1 Å². The predicted octanol–water partition coefficient (Wildman–Crippen LogP) is 4.50. The fourth-order valence-corrected chi connectivity index (χ4v) is 3.50. The van der Waals surface area contributed by atoms with Crippen molar-refractivity contribution in [2.45, 2.75) is 51.6 Å². The zero-order valence-corrected chi connectivity index (χ0v) is 14.6. The first-order valence-corrected chi connectivity index (χ1v) is 8.83. The molecule has 1 fully saturated rings. The van der Waals surface area contributed by atoms with Gasteiger partial charge in [0.2, 0.25) is 0 Å². The van der Waals surface area contributed by atoms with Crippen LogP contribution in [0.2, 0.25) is 0 Å². The Labute approximate surface area is 136 Å². The van der Waals surface area contributed by atoms with Crippen LogP contribution in [0.4, 0.5) is 4.39 Å². The molecule has 0 aromatic heterocycles. The number of nitrogens with one attached hydrogen (secondary N) is 1. The van der Waals surface area contributed by atoms with E-state index in [1.807, 2.05) is 6.07 Å². The number of hydrogen-bond acceptors (Lipinski definition) is 2. The molecule has 2 atom stereocenters. The Kier molecular flexibility index (Phi) is 6.65. The van der Waals surface area contributed by atoms with Gasteiger partial charge in [0.15, 0.2) is 0 Å². The van der Waals surface area contributed by atoms with Crippen molar-refractivity contribution >= 4 is 15.9 Å². The first kappa shape index (κ1) is 16.9. The third-order valence-corrected chi connectivity index (χ3v) is 4.83. The monoisotopic (exact) mass is 356 g/mol. The number of nitrogens with zero attached hydrogens (tertiary/aromatic N) is 1. The molecule has 0 radical (unpaired) electrons. The summed E-state index contributed by atoms with van der Waals surface area (Å²) in [6.07, 6.45) is 4.90. The Morgan fingerprint density at radius 1 is 1.43 bits per heavy atom. The van der Waals surface area contributed by atoms with Crippen molar-refractivity contribution in [1.82, 2.24) is 10.2 Å². The van der Waals surface area contributed by atoms with Crippen LogP contribution in [0.5, 0.6) is 0 Å². The third-order valence-electron chi connectivity index (χ3n) is 4.33. The van der Waals surface area contributed by atoms with Crippen molar-refractivity contribution < 1.29 is 4.39 Å². The third kappa shape index (κ3) is 4.76. The molecular weight excluding hydrogens is 331 g/mol. The molecule has 0 amide bonds. The standard InChI is InChI=1S/C17H26BrFN2/c1-3-10-21(12-15-6-4-5-9-20-15)13(2)16-11-14(18)7-8-17(16)19/h7-8,11,13,15,20H,3-6,9-10,12H2,1-2H3. The van der Waals surface area contributed by atoms with Gasteiger partial charge in [0.25, 0.3) is 0 Å². The van der Waals surface area contributed by atoms with Gasteiger partial charge in [-0.15, -0.1) is 0 Å². The molecule has 0 spiro atoms. The molecule has 1 aliphatic heterocycles. The summed E-state index contributed by atoms with van der Waals surface area (Å²) in [6, 6.07) is 5.88. The molecule has 2 rings (SSSR count). The number of halogens is 2. The molecule has 1 N–H and O–H groups in total. The highest BCUT2D eigenvalue weighted by Gasteiger charge is 2.22. The Morgan fingerprint density at radius 3 is 2.90 bits per heavy atom. The minimum absolute atomic E-state index is 0.103. The minimum atomic E-state index is -0.108. The Hall–Kier alpha value is -0.450. The van der Waals surface area contributed by atoms with E-state index in [2.05, 4.69) is 40.0 Å². The second-order valence-electron chi connectivity index (χ2n) is 5.98. The fourth-order valence-electron chi connectivity index (χ4n) is 3.12. The normalized spacial score (nSPS) is 20.7. The molecule has 0 bridgehead atoms. The van der Waals surface area contributed by atoms with Crippen molar-refractivity contribution in [3.63, 3.8) is 0 Å². The quantitative estimate of drug-likeness (QED) is 0.806. The van der Waals surface area contributed by atoms with Gasteiger partial charge in [-0.2, -0.15) is 0 Å². The lowest BCUT2D eigenvalue weighted by Gasteiger charge is -2.34. The largest absolute Gasteiger partial charge is 0.313 e. The molecule has 2 unspecified atom stereocenters. The Morgan fingerprint density at radius 2 is 2.24 bits per heavy atom. The van der Waals surface area contributed by atoms with Crippen LogP contribution in [0.1, 0.15) is 51.1 Å². The summed E-state index contributed by atoms with van der Waals surface area (Å²) in [7, 11) is 0. The summed E-state index contributed by atoms with van der Waals surface area (Å²) < 4.78 is 15.1. The molecule has 1 aromatic carbocycles. The fraction of sp³-hybridized carbons (Fsp3) is 0.647. The molecule has 1 saturated heterocycles. The van der Waals surface area contributed by atoms with Crippen molar-refractivity contribution in [3.8, 4) is 0 Å². The van der Waals surface area contributed by atoms with Crippen LogP contribution in [0.15, 0.2) is 22.7 Å². The average Bonchev–Trinajstić information content (AvgIpc) is 2.49. The van der Waals surface area contributed by atoms with Crippen LogP contribution in [0.3, 0.4) is 0 Å². The number of hydrogen-bond donors (Lipinski definition) is 1. The van der Waals surface area contributed by atoms with Gasteiger partial charge in [0.05, 0.1) is 0 Å². The van der Waals surface area contributed by atoms with E-state index in [9.17, 15) is 4.39 Å². The zero-order chi connectivity index (χ0) is 15.2. The molecule has 0 aliphatic carbocycles. The summed E-state index contributed by atoms with van der Waals surface area (Å²) >= 11 is 3.45. The summed E-state index contributed by atoms with van der Waals surface area (Å²) in [5.74, 6) is -0.108. The summed E-state index contributed by atoms with van der Waals surface area (Å²) in [6.45, 7) is 7.42. The molecule has 0 saturated carbocycles. The maximum absolute atomic E-state index is 14.1. The van der Waals surface area contributed by atoms with Crippen LogP contribution in [-0.2, 0) is 0 Å². The number of benzene rings is 1. The highest BCUT2D eigenvalue weighted by molar-refractivity contribution is 9.10. The van der Waals surface area contributed by atoms with E-state index < -0.39 is 0 Å². The van der Waals surface area contributed by atoms with E-state index in [-0.39, 0.29) is 11.9 Å². The molecule has 1 heterocycles. The van der Waals surface area contributed by atoms with Gasteiger partial charge in [-0.1, -0.05) is 29.3 Å². The smallest absolute Gasteiger partial charge is 0.128 e. The zero-order valence-electron chi connectivity index (χ0n) is 13.0. The maximum Gasteiger partial charge on any atom is 0.128 e. The van der Waals surface area contributed by atoms with Crippen molar-refractivity contribution in [2.24, 2.45) is 0 Å². The molecule has 2 nitrogen and oxygen atoms in total. The predicted molar refractivity (Wildman–Crippen MR) is 90.0 cm³/mol. The van der Waals surface area contributed by atoms with Crippen LogP contribution < -0.4 is 5.32 Å². The van der Waals surface area contributed by atoms with E-state index in [1.165, 1.54) is 19.3 Å².